The predicted octanol–water partition coefficient (Wildman–Crippen LogP) is 7.04. The SMILES string of the molecule is COC(=O)c1sc(-c2cccc(NCC3CCN(C(=O)Nc4ccccc4)CC3)c2)c(Br)c1OCC(=O)OC(C)(C)C. The van der Waals surface area contributed by atoms with Gasteiger partial charge in [0.1, 0.15) is 5.60 Å². The Balaban J connectivity index is 1.37. The van der Waals surface area contributed by atoms with Crippen LogP contribution in [0.25, 0.3) is 10.4 Å². The van der Waals surface area contributed by atoms with Crippen molar-refractivity contribution in [2.75, 3.05) is 44.0 Å². The van der Waals surface area contributed by atoms with E-state index in [0.717, 1.165) is 41.2 Å². The summed E-state index contributed by atoms with van der Waals surface area (Å²) in [6.45, 7) is 7.17. The number of hydrogen-bond acceptors (Lipinski definition) is 8. The summed E-state index contributed by atoms with van der Waals surface area (Å²) >= 11 is 4.81. The molecule has 0 saturated carbocycles. The van der Waals surface area contributed by atoms with Gasteiger partial charge in [0.2, 0.25) is 0 Å². The van der Waals surface area contributed by atoms with E-state index in [2.05, 4.69) is 26.6 Å². The van der Waals surface area contributed by atoms with Crippen molar-refractivity contribution in [2.45, 2.75) is 39.2 Å². The molecule has 0 spiro atoms. The number of benzene rings is 2. The number of carbonyl (C=O) groups excluding carboxylic acids is 3. The number of nitrogens with zero attached hydrogens (tertiary/aromatic N) is 1. The van der Waals surface area contributed by atoms with Gasteiger partial charge in [0.25, 0.3) is 0 Å². The van der Waals surface area contributed by atoms with Gasteiger partial charge in [-0.25, -0.2) is 14.4 Å². The summed E-state index contributed by atoms with van der Waals surface area (Å²) in [5.41, 5.74) is 1.96. The van der Waals surface area contributed by atoms with Crippen LogP contribution >= 0.6 is 27.3 Å². The summed E-state index contributed by atoms with van der Waals surface area (Å²) in [4.78, 5) is 40.3. The van der Waals surface area contributed by atoms with Gasteiger partial charge in [-0.2, -0.15) is 0 Å². The number of hydrogen-bond donors (Lipinski definition) is 2. The van der Waals surface area contributed by atoms with E-state index in [0.29, 0.717) is 23.5 Å². The zero-order valence-electron chi connectivity index (χ0n) is 24.2. The molecule has 2 N–H and O–H groups in total. The second-order valence-corrected chi connectivity index (χ2v) is 12.8. The third kappa shape index (κ3) is 8.48. The molecule has 0 aliphatic carbocycles. The molecular formula is C31H36BrN3O6S. The number of thiophene rings is 1. The fourth-order valence-electron chi connectivity index (χ4n) is 4.54. The number of nitrogens with one attached hydrogen (secondary N) is 2. The highest BCUT2D eigenvalue weighted by Gasteiger charge is 2.27. The summed E-state index contributed by atoms with van der Waals surface area (Å²) in [5, 5.41) is 6.49. The molecule has 1 aliphatic heterocycles. The topological polar surface area (TPSA) is 106 Å². The van der Waals surface area contributed by atoms with E-state index in [9.17, 15) is 14.4 Å². The second kappa shape index (κ2) is 14.1. The van der Waals surface area contributed by atoms with E-state index < -0.39 is 17.5 Å². The minimum atomic E-state index is -0.649. The number of carbonyl (C=O) groups is 3. The second-order valence-electron chi connectivity index (χ2n) is 11.0. The summed E-state index contributed by atoms with van der Waals surface area (Å²) < 4.78 is 16.6. The van der Waals surface area contributed by atoms with Crippen molar-refractivity contribution in [1.82, 2.24) is 4.90 Å². The summed E-state index contributed by atoms with van der Waals surface area (Å²) in [5.74, 6) is -0.410. The maximum atomic E-state index is 12.6. The minimum absolute atomic E-state index is 0.0670. The number of ether oxygens (including phenoxy) is 3. The Kier molecular flexibility index (Phi) is 10.5. The Bertz CT molecular complexity index is 1400. The van der Waals surface area contributed by atoms with Gasteiger partial charge in [0.15, 0.2) is 17.2 Å². The van der Waals surface area contributed by atoms with Crippen molar-refractivity contribution >= 4 is 56.6 Å². The van der Waals surface area contributed by atoms with E-state index in [1.54, 1.807) is 20.8 Å². The van der Waals surface area contributed by atoms with E-state index in [-0.39, 0.29) is 23.3 Å². The summed E-state index contributed by atoms with van der Waals surface area (Å²) in [6, 6.07) is 17.3. The maximum absolute atomic E-state index is 12.6. The number of anilines is 2. The average molecular weight is 659 g/mol. The van der Waals surface area contributed by atoms with Crippen LogP contribution in [0.1, 0.15) is 43.3 Å². The van der Waals surface area contributed by atoms with Crippen molar-refractivity contribution < 1.29 is 28.6 Å². The normalized spacial score (nSPS) is 13.8. The lowest BCUT2D eigenvalue weighted by Gasteiger charge is -2.32. The van der Waals surface area contributed by atoms with Crippen LogP contribution in [0, 0.1) is 5.92 Å². The quantitative estimate of drug-likeness (QED) is 0.238. The summed E-state index contributed by atoms with van der Waals surface area (Å²) in [7, 11) is 1.30. The molecule has 224 valence electrons. The molecule has 4 rings (SSSR count). The molecule has 42 heavy (non-hydrogen) atoms. The smallest absolute Gasteiger partial charge is 0.351 e. The maximum Gasteiger partial charge on any atom is 0.351 e. The van der Waals surface area contributed by atoms with Gasteiger partial charge in [-0.1, -0.05) is 30.3 Å². The first kappa shape index (κ1) is 31.4. The highest BCUT2D eigenvalue weighted by atomic mass is 79.9. The number of urea groups is 1. The van der Waals surface area contributed by atoms with Gasteiger partial charge < -0.3 is 29.7 Å². The van der Waals surface area contributed by atoms with Gasteiger partial charge in [-0.3, -0.25) is 0 Å². The Morgan fingerprint density at radius 1 is 1.02 bits per heavy atom. The van der Waals surface area contributed by atoms with Crippen LogP contribution in [0.15, 0.2) is 59.1 Å². The molecule has 2 heterocycles. The zero-order valence-corrected chi connectivity index (χ0v) is 26.6. The first-order valence-electron chi connectivity index (χ1n) is 13.7. The van der Waals surface area contributed by atoms with Crippen LogP contribution in [0.2, 0.25) is 0 Å². The number of piperidine rings is 1. The third-order valence-electron chi connectivity index (χ3n) is 6.58. The van der Waals surface area contributed by atoms with E-state index in [1.807, 2.05) is 59.5 Å². The molecule has 1 aromatic heterocycles. The number of esters is 2. The third-order valence-corrected chi connectivity index (χ3v) is 8.80. The molecule has 0 radical (unpaired) electrons. The predicted molar refractivity (Wildman–Crippen MR) is 168 cm³/mol. The number of halogens is 1. The van der Waals surface area contributed by atoms with Crippen molar-refractivity contribution in [1.29, 1.82) is 0 Å². The van der Waals surface area contributed by atoms with Gasteiger partial charge in [-0.05, 0) is 85.3 Å². The fraction of sp³-hybridized carbons (Fsp3) is 0.387. The Labute approximate surface area is 258 Å². The lowest BCUT2D eigenvalue weighted by molar-refractivity contribution is -0.157. The van der Waals surface area contributed by atoms with Gasteiger partial charge in [0, 0.05) is 31.0 Å². The lowest BCUT2D eigenvalue weighted by Crippen LogP contribution is -2.42. The van der Waals surface area contributed by atoms with Gasteiger partial charge >= 0.3 is 18.0 Å². The molecule has 9 nitrogen and oxygen atoms in total. The van der Waals surface area contributed by atoms with E-state index in [1.165, 1.54) is 18.4 Å². The molecule has 3 aromatic rings. The molecule has 0 bridgehead atoms. The van der Waals surface area contributed by atoms with Gasteiger partial charge in [0.05, 0.1) is 16.5 Å². The van der Waals surface area contributed by atoms with Crippen LogP contribution < -0.4 is 15.4 Å². The number of amides is 2. The standard InChI is InChI=1S/C31H36BrN3O6S/c1-31(2,3)41-24(36)19-40-26-25(32)27(42-28(26)29(37)39-4)21-9-8-12-23(17-21)33-18-20-13-15-35(16-14-20)30(38)34-22-10-6-5-7-11-22/h5-12,17,20,33H,13-16,18-19H2,1-4H3,(H,34,38). The first-order valence-corrected chi connectivity index (χ1v) is 15.4. The number of methoxy groups -OCH3 is 1. The highest BCUT2D eigenvalue weighted by molar-refractivity contribution is 9.10. The molecule has 1 fully saturated rings. The molecule has 11 heteroatoms. The first-order chi connectivity index (χ1) is 20.0. The molecule has 2 amide bonds. The van der Waals surface area contributed by atoms with E-state index >= 15 is 0 Å². The Morgan fingerprint density at radius 3 is 2.38 bits per heavy atom. The van der Waals surface area contributed by atoms with Crippen LogP contribution in [-0.2, 0) is 14.3 Å². The van der Waals surface area contributed by atoms with Crippen molar-refractivity contribution in [2.24, 2.45) is 5.92 Å². The zero-order chi connectivity index (χ0) is 30.3. The van der Waals surface area contributed by atoms with Crippen molar-refractivity contribution in [3.8, 4) is 16.2 Å². The number of para-hydroxylation sites is 1. The minimum Gasteiger partial charge on any atom is -0.479 e. The van der Waals surface area contributed by atoms with E-state index in [4.69, 9.17) is 14.2 Å². The fourth-order valence-corrected chi connectivity index (χ4v) is 6.50. The molecular weight excluding hydrogens is 622 g/mol. The molecule has 1 aliphatic rings. The van der Waals surface area contributed by atoms with Crippen LogP contribution in [0.5, 0.6) is 5.75 Å². The van der Waals surface area contributed by atoms with Crippen molar-refractivity contribution in [3.05, 3.63) is 63.9 Å². The number of rotatable bonds is 9. The molecule has 2 aromatic carbocycles. The van der Waals surface area contributed by atoms with Crippen LogP contribution in [0.3, 0.4) is 0 Å². The average Bonchev–Trinajstić information content (AvgIpc) is 3.30. The molecule has 0 unspecified atom stereocenters. The molecule has 0 atom stereocenters. The summed E-state index contributed by atoms with van der Waals surface area (Å²) in [6.07, 6.45) is 1.82. The van der Waals surface area contributed by atoms with Gasteiger partial charge in [-0.15, -0.1) is 11.3 Å². The van der Waals surface area contributed by atoms with Crippen LogP contribution in [0.4, 0.5) is 16.2 Å². The van der Waals surface area contributed by atoms with Crippen LogP contribution in [-0.4, -0.2) is 61.8 Å². The largest absolute Gasteiger partial charge is 0.479 e. The Hall–Kier alpha value is -3.57. The molecule has 1 saturated heterocycles. The highest BCUT2D eigenvalue weighted by Crippen LogP contribution is 2.46. The lowest BCUT2D eigenvalue weighted by atomic mass is 9.97. The monoisotopic (exact) mass is 657 g/mol. The van der Waals surface area contributed by atoms with Crippen molar-refractivity contribution in [3.63, 3.8) is 0 Å². The Morgan fingerprint density at radius 2 is 1.71 bits per heavy atom. The number of likely N-dealkylation sites (tertiary alicyclic amines) is 1.